The van der Waals surface area contributed by atoms with E-state index in [4.69, 9.17) is 9.47 Å². The fraction of sp³-hybridized carbons (Fsp3) is 0.600. The molecule has 0 aliphatic heterocycles. The SMILES string of the molecule is COCC(C)N(C(=O)OC(C)(C)C)c1cc(C)ccn1. The van der Waals surface area contributed by atoms with Crippen molar-refractivity contribution in [2.75, 3.05) is 18.6 Å². The van der Waals surface area contributed by atoms with Crippen molar-refractivity contribution in [3.63, 3.8) is 0 Å². The average Bonchev–Trinajstić information content (AvgIpc) is 2.26. The van der Waals surface area contributed by atoms with Crippen LogP contribution in [0.25, 0.3) is 0 Å². The van der Waals surface area contributed by atoms with Crippen molar-refractivity contribution in [2.45, 2.75) is 46.3 Å². The molecule has 0 N–H and O–H groups in total. The predicted octanol–water partition coefficient (Wildman–Crippen LogP) is 3.17. The highest BCUT2D eigenvalue weighted by Crippen LogP contribution is 2.19. The molecule has 1 amide bonds. The molecule has 0 aliphatic carbocycles. The first-order valence-electron chi connectivity index (χ1n) is 6.68. The number of methoxy groups -OCH3 is 1. The number of nitrogens with zero attached hydrogens (tertiary/aromatic N) is 2. The van der Waals surface area contributed by atoms with E-state index in [-0.39, 0.29) is 6.04 Å². The molecule has 1 heterocycles. The molecule has 112 valence electrons. The fourth-order valence-electron chi connectivity index (χ4n) is 1.78. The van der Waals surface area contributed by atoms with Gasteiger partial charge in [-0.05, 0) is 52.3 Å². The molecule has 1 aromatic heterocycles. The molecule has 0 saturated carbocycles. The summed E-state index contributed by atoms with van der Waals surface area (Å²) in [5.74, 6) is 0.573. The zero-order valence-corrected chi connectivity index (χ0v) is 13.1. The van der Waals surface area contributed by atoms with Crippen LogP contribution < -0.4 is 4.90 Å². The Balaban J connectivity index is 3.05. The predicted molar refractivity (Wildman–Crippen MR) is 79.0 cm³/mol. The lowest BCUT2D eigenvalue weighted by Gasteiger charge is -2.30. The van der Waals surface area contributed by atoms with Gasteiger partial charge in [0.15, 0.2) is 0 Å². The lowest BCUT2D eigenvalue weighted by Crippen LogP contribution is -2.44. The molecular weight excluding hydrogens is 256 g/mol. The summed E-state index contributed by atoms with van der Waals surface area (Å²) in [6.07, 6.45) is 1.27. The third-order valence-electron chi connectivity index (χ3n) is 2.59. The van der Waals surface area contributed by atoms with Crippen molar-refractivity contribution >= 4 is 11.9 Å². The molecule has 1 atom stereocenters. The van der Waals surface area contributed by atoms with Crippen molar-refractivity contribution in [2.24, 2.45) is 0 Å². The van der Waals surface area contributed by atoms with Gasteiger partial charge in [0.25, 0.3) is 0 Å². The Labute approximate surface area is 120 Å². The molecule has 0 radical (unpaired) electrons. The van der Waals surface area contributed by atoms with Crippen LogP contribution in [0.15, 0.2) is 18.3 Å². The quantitative estimate of drug-likeness (QED) is 0.850. The number of carbonyl (C=O) groups is 1. The lowest BCUT2D eigenvalue weighted by molar-refractivity contribution is 0.0545. The normalized spacial score (nSPS) is 12.9. The largest absolute Gasteiger partial charge is 0.443 e. The van der Waals surface area contributed by atoms with Crippen molar-refractivity contribution in [1.29, 1.82) is 0 Å². The smallest absolute Gasteiger partial charge is 0.416 e. The summed E-state index contributed by atoms with van der Waals surface area (Å²) in [7, 11) is 1.60. The van der Waals surface area contributed by atoms with E-state index in [1.54, 1.807) is 13.3 Å². The van der Waals surface area contributed by atoms with E-state index in [0.717, 1.165) is 5.56 Å². The molecule has 0 fully saturated rings. The van der Waals surface area contributed by atoms with E-state index in [9.17, 15) is 4.79 Å². The van der Waals surface area contributed by atoms with Gasteiger partial charge < -0.3 is 9.47 Å². The van der Waals surface area contributed by atoms with Crippen molar-refractivity contribution < 1.29 is 14.3 Å². The van der Waals surface area contributed by atoms with Gasteiger partial charge in [-0.15, -0.1) is 0 Å². The van der Waals surface area contributed by atoms with Crippen LogP contribution in [0.2, 0.25) is 0 Å². The molecule has 0 bridgehead atoms. The van der Waals surface area contributed by atoms with Gasteiger partial charge in [0.1, 0.15) is 11.4 Å². The maximum Gasteiger partial charge on any atom is 0.416 e. The van der Waals surface area contributed by atoms with Gasteiger partial charge in [0, 0.05) is 13.3 Å². The van der Waals surface area contributed by atoms with Gasteiger partial charge in [0.2, 0.25) is 0 Å². The minimum Gasteiger partial charge on any atom is -0.443 e. The number of amides is 1. The van der Waals surface area contributed by atoms with E-state index in [1.807, 2.05) is 46.8 Å². The van der Waals surface area contributed by atoms with Crippen molar-refractivity contribution in [3.05, 3.63) is 23.9 Å². The van der Waals surface area contributed by atoms with Gasteiger partial charge in [-0.2, -0.15) is 0 Å². The number of rotatable bonds is 4. The molecule has 1 aromatic rings. The minimum atomic E-state index is -0.550. The van der Waals surface area contributed by atoms with Crippen LogP contribution in [0.4, 0.5) is 10.6 Å². The maximum absolute atomic E-state index is 12.4. The van der Waals surface area contributed by atoms with Crippen LogP contribution in [-0.4, -0.2) is 36.4 Å². The Morgan fingerprint density at radius 1 is 1.45 bits per heavy atom. The zero-order chi connectivity index (χ0) is 15.3. The number of aryl methyl sites for hydroxylation is 1. The Hall–Kier alpha value is -1.62. The second-order valence-corrected chi connectivity index (χ2v) is 5.85. The van der Waals surface area contributed by atoms with Crippen LogP contribution in [-0.2, 0) is 9.47 Å². The summed E-state index contributed by atoms with van der Waals surface area (Å²) in [6.45, 7) is 9.79. The van der Waals surface area contributed by atoms with E-state index in [1.165, 1.54) is 4.90 Å². The highest BCUT2D eigenvalue weighted by molar-refractivity contribution is 5.87. The number of pyridine rings is 1. The Bertz CT molecular complexity index is 455. The third kappa shape index (κ3) is 4.81. The van der Waals surface area contributed by atoms with Gasteiger partial charge >= 0.3 is 6.09 Å². The number of hydrogen-bond donors (Lipinski definition) is 0. The minimum absolute atomic E-state index is 0.163. The van der Waals surface area contributed by atoms with Crippen LogP contribution in [0.5, 0.6) is 0 Å². The average molecular weight is 280 g/mol. The molecule has 5 nitrogen and oxygen atoms in total. The molecule has 0 spiro atoms. The molecule has 0 aliphatic rings. The zero-order valence-electron chi connectivity index (χ0n) is 13.1. The van der Waals surface area contributed by atoms with Crippen LogP contribution in [0.1, 0.15) is 33.3 Å². The van der Waals surface area contributed by atoms with Gasteiger partial charge in [-0.25, -0.2) is 9.78 Å². The third-order valence-corrected chi connectivity index (χ3v) is 2.59. The second kappa shape index (κ2) is 6.70. The van der Waals surface area contributed by atoms with Crippen LogP contribution in [0.3, 0.4) is 0 Å². The summed E-state index contributed by atoms with van der Waals surface area (Å²) in [5.41, 5.74) is 0.486. The number of hydrogen-bond acceptors (Lipinski definition) is 4. The van der Waals surface area contributed by atoms with E-state index >= 15 is 0 Å². The first kappa shape index (κ1) is 16.4. The van der Waals surface area contributed by atoms with Crippen molar-refractivity contribution in [3.8, 4) is 0 Å². The summed E-state index contributed by atoms with van der Waals surface area (Å²) in [6, 6.07) is 3.58. The van der Waals surface area contributed by atoms with Crippen LogP contribution >= 0.6 is 0 Å². The number of carbonyl (C=O) groups excluding carboxylic acids is 1. The fourth-order valence-corrected chi connectivity index (χ4v) is 1.78. The topological polar surface area (TPSA) is 51.7 Å². The highest BCUT2D eigenvalue weighted by atomic mass is 16.6. The molecule has 0 saturated heterocycles. The molecule has 5 heteroatoms. The first-order valence-corrected chi connectivity index (χ1v) is 6.68. The molecule has 1 rings (SSSR count). The Kier molecular flexibility index (Phi) is 5.51. The molecule has 0 aromatic carbocycles. The highest BCUT2D eigenvalue weighted by Gasteiger charge is 2.28. The van der Waals surface area contributed by atoms with Crippen LogP contribution in [0, 0.1) is 6.92 Å². The van der Waals surface area contributed by atoms with Crippen molar-refractivity contribution in [1.82, 2.24) is 4.98 Å². The lowest BCUT2D eigenvalue weighted by atomic mass is 10.2. The number of aromatic nitrogens is 1. The van der Waals surface area contributed by atoms with E-state index < -0.39 is 11.7 Å². The Morgan fingerprint density at radius 3 is 2.60 bits per heavy atom. The first-order chi connectivity index (χ1) is 9.24. The number of ether oxygens (including phenoxy) is 2. The standard InChI is InChI=1S/C15H24N2O3/c1-11-7-8-16-13(9-11)17(12(2)10-19-6)14(18)20-15(3,4)5/h7-9,12H,10H2,1-6H3. The maximum atomic E-state index is 12.4. The van der Waals surface area contributed by atoms with Gasteiger partial charge in [-0.1, -0.05) is 0 Å². The monoisotopic (exact) mass is 280 g/mol. The van der Waals surface area contributed by atoms with Gasteiger partial charge in [0.05, 0.1) is 12.6 Å². The molecule has 20 heavy (non-hydrogen) atoms. The summed E-state index contributed by atoms with van der Waals surface area (Å²) in [4.78, 5) is 18.2. The van der Waals surface area contributed by atoms with E-state index in [2.05, 4.69) is 4.98 Å². The Morgan fingerprint density at radius 2 is 2.10 bits per heavy atom. The summed E-state index contributed by atoms with van der Waals surface area (Å²) >= 11 is 0. The molecule has 1 unspecified atom stereocenters. The van der Waals surface area contributed by atoms with Gasteiger partial charge in [-0.3, -0.25) is 4.90 Å². The second-order valence-electron chi connectivity index (χ2n) is 5.85. The number of anilines is 1. The summed E-state index contributed by atoms with van der Waals surface area (Å²) in [5, 5.41) is 0. The summed E-state index contributed by atoms with van der Waals surface area (Å²) < 4.78 is 10.6. The molecular formula is C15H24N2O3. The van der Waals surface area contributed by atoms with E-state index in [0.29, 0.717) is 12.4 Å².